The van der Waals surface area contributed by atoms with E-state index in [1.54, 1.807) is 6.07 Å². The van der Waals surface area contributed by atoms with Gasteiger partial charge in [0, 0.05) is 0 Å². The topological polar surface area (TPSA) is 119 Å². The maximum Gasteiger partial charge on any atom is 0.362 e. The van der Waals surface area contributed by atoms with E-state index >= 15 is 0 Å². The van der Waals surface area contributed by atoms with Crippen LogP contribution in [0.4, 0.5) is 5.82 Å². The molecule has 0 unspecified atom stereocenters. The number of H-pyrrole nitrogens is 1. The van der Waals surface area contributed by atoms with Gasteiger partial charge in [0.05, 0.1) is 0 Å². The van der Waals surface area contributed by atoms with Crippen LogP contribution in [0.2, 0.25) is 0 Å². The van der Waals surface area contributed by atoms with E-state index in [-0.39, 0.29) is 11.3 Å². The minimum absolute atomic E-state index is 0.260. The monoisotopic (exact) mass is 163 g/mol. The van der Waals surface area contributed by atoms with Crippen molar-refractivity contribution in [2.45, 2.75) is 0 Å². The largest absolute Gasteiger partial charge is 0.362 e. The Hall–Kier alpha value is -2.41. The van der Waals surface area contributed by atoms with Gasteiger partial charge in [0.2, 0.25) is 5.69 Å². The second-order valence-corrected chi connectivity index (χ2v) is 1.78. The first-order valence-electron chi connectivity index (χ1n) is 2.73. The molecule has 0 bridgehead atoms. The number of nitro groups is 1. The lowest BCUT2D eigenvalue weighted by atomic mass is 10.3. The number of rotatable bonds is 1. The van der Waals surface area contributed by atoms with Gasteiger partial charge in [0.15, 0.2) is 5.56 Å². The lowest BCUT2D eigenvalue weighted by molar-refractivity contribution is -0.389. The van der Waals surface area contributed by atoms with Crippen molar-refractivity contribution in [1.29, 1.82) is 10.5 Å². The maximum absolute atomic E-state index is 10.2. The summed E-state index contributed by atoms with van der Waals surface area (Å²) >= 11 is 0. The summed E-state index contributed by atoms with van der Waals surface area (Å²) in [6, 6.07) is 3.07. The molecule has 1 aromatic rings. The Morgan fingerprint density at radius 3 is 2.58 bits per heavy atom. The molecule has 7 nitrogen and oxygen atoms in total. The summed E-state index contributed by atoms with van der Waals surface area (Å²) in [5.74, 6) is -0.547. The van der Waals surface area contributed by atoms with Gasteiger partial charge < -0.3 is 10.1 Å². The van der Waals surface area contributed by atoms with Gasteiger partial charge in [-0.1, -0.05) is 5.10 Å². The van der Waals surface area contributed by atoms with Crippen LogP contribution in [0.15, 0.2) is 0 Å². The van der Waals surface area contributed by atoms with Crippen LogP contribution in [0.5, 0.6) is 0 Å². The first kappa shape index (κ1) is 7.69. The van der Waals surface area contributed by atoms with Crippen molar-refractivity contribution in [3.05, 3.63) is 21.4 Å². The number of nitrogens with one attached hydrogen (secondary N) is 1. The van der Waals surface area contributed by atoms with E-state index in [9.17, 15) is 10.1 Å². The Labute approximate surface area is 66.0 Å². The van der Waals surface area contributed by atoms with Gasteiger partial charge >= 0.3 is 5.82 Å². The van der Waals surface area contributed by atoms with Gasteiger partial charge in [-0.05, 0) is 4.92 Å². The van der Waals surface area contributed by atoms with Crippen molar-refractivity contribution in [3.8, 4) is 12.1 Å². The molecule has 1 heterocycles. The molecule has 0 aromatic carbocycles. The Kier molecular flexibility index (Phi) is 1.72. The highest BCUT2D eigenvalue weighted by Gasteiger charge is 2.20. The van der Waals surface area contributed by atoms with E-state index in [0.717, 1.165) is 0 Å². The lowest BCUT2D eigenvalue weighted by Gasteiger charge is -1.86. The van der Waals surface area contributed by atoms with E-state index in [0.29, 0.717) is 0 Å². The smallest absolute Gasteiger partial charge is 0.358 e. The average molecular weight is 163 g/mol. The fourth-order valence-electron chi connectivity index (χ4n) is 0.652. The number of aromatic amines is 1. The van der Waals surface area contributed by atoms with Crippen LogP contribution >= 0.6 is 0 Å². The van der Waals surface area contributed by atoms with Gasteiger partial charge in [0.1, 0.15) is 12.1 Å². The summed E-state index contributed by atoms with van der Waals surface area (Å²) in [6.07, 6.45) is 0. The number of nitriles is 2. The summed E-state index contributed by atoms with van der Waals surface area (Å²) in [5.41, 5.74) is -0.591. The lowest BCUT2D eigenvalue weighted by Crippen LogP contribution is -1.90. The van der Waals surface area contributed by atoms with Crippen LogP contribution in [0, 0.1) is 32.8 Å². The van der Waals surface area contributed by atoms with Crippen molar-refractivity contribution in [1.82, 2.24) is 10.2 Å². The highest BCUT2D eigenvalue weighted by Crippen LogP contribution is 2.15. The molecule has 0 atom stereocenters. The molecule has 1 rings (SSSR count). The third-order valence-corrected chi connectivity index (χ3v) is 1.15. The molecule has 58 valence electrons. The van der Waals surface area contributed by atoms with E-state index in [1.165, 1.54) is 6.07 Å². The molecule has 0 aliphatic heterocycles. The summed E-state index contributed by atoms with van der Waals surface area (Å²) in [5, 5.41) is 32.2. The molecule has 0 saturated heterocycles. The van der Waals surface area contributed by atoms with Gasteiger partial charge in [-0.15, -0.1) is 5.10 Å². The number of aromatic nitrogens is 2. The fourth-order valence-corrected chi connectivity index (χ4v) is 0.652. The van der Waals surface area contributed by atoms with Crippen LogP contribution in [0.25, 0.3) is 0 Å². The molecule has 0 radical (unpaired) electrons. The molecular formula is C5HN5O2. The molecule has 1 aromatic heterocycles. The van der Waals surface area contributed by atoms with Crippen molar-refractivity contribution in [2.75, 3.05) is 0 Å². The van der Waals surface area contributed by atoms with Gasteiger partial charge in [0.25, 0.3) is 0 Å². The fraction of sp³-hybridized carbons (Fsp3) is 0. The minimum atomic E-state index is -0.799. The molecule has 7 heteroatoms. The van der Waals surface area contributed by atoms with Crippen molar-refractivity contribution < 1.29 is 4.92 Å². The third kappa shape index (κ3) is 0.954. The second kappa shape index (κ2) is 2.68. The molecular weight excluding hydrogens is 162 g/mol. The SMILES string of the molecule is N#Cc1n[nH]c([N+](=O)[O-])c1C#N. The Morgan fingerprint density at radius 1 is 1.50 bits per heavy atom. The van der Waals surface area contributed by atoms with Crippen LogP contribution in [-0.4, -0.2) is 15.1 Å². The van der Waals surface area contributed by atoms with Gasteiger partial charge in [-0.25, -0.2) is 0 Å². The third-order valence-electron chi connectivity index (χ3n) is 1.15. The highest BCUT2D eigenvalue weighted by atomic mass is 16.6. The van der Waals surface area contributed by atoms with Crippen LogP contribution in [-0.2, 0) is 0 Å². The zero-order valence-corrected chi connectivity index (χ0v) is 5.61. The molecule has 0 aliphatic rings. The molecule has 1 N–H and O–H groups in total. The van der Waals surface area contributed by atoms with Crippen LogP contribution < -0.4 is 0 Å². The normalized spacial score (nSPS) is 8.50. The predicted molar refractivity (Wildman–Crippen MR) is 34.7 cm³/mol. The standard InChI is InChI=1S/C5HN5O2/c6-1-3-4(2-7)8-9-5(3)10(11)12/h(H,8,9). The van der Waals surface area contributed by atoms with Gasteiger partial charge in [-0.2, -0.15) is 10.5 Å². The summed E-state index contributed by atoms with van der Waals surface area (Å²) in [4.78, 5) is 9.38. The first-order chi connectivity index (χ1) is 5.70. The van der Waals surface area contributed by atoms with Crippen molar-refractivity contribution in [3.63, 3.8) is 0 Å². The Bertz CT molecular complexity index is 406. The number of hydrogen-bond acceptors (Lipinski definition) is 5. The average Bonchev–Trinajstić information content (AvgIpc) is 2.46. The van der Waals surface area contributed by atoms with E-state index in [1.807, 2.05) is 5.10 Å². The van der Waals surface area contributed by atoms with E-state index in [2.05, 4.69) is 5.10 Å². The Balaban J connectivity index is 3.38. The molecule has 0 spiro atoms. The highest BCUT2D eigenvalue weighted by molar-refractivity contribution is 5.50. The molecule has 0 saturated carbocycles. The quantitative estimate of drug-likeness (QED) is 0.463. The molecule has 0 aliphatic carbocycles. The maximum atomic E-state index is 10.2. The zero-order valence-electron chi connectivity index (χ0n) is 5.61. The number of hydrogen-bond donors (Lipinski definition) is 1. The number of nitrogens with zero attached hydrogens (tertiary/aromatic N) is 4. The first-order valence-corrected chi connectivity index (χ1v) is 2.73. The zero-order chi connectivity index (χ0) is 9.14. The van der Waals surface area contributed by atoms with Crippen molar-refractivity contribution >= 4 is 5.82 Å². The Morgan fingerprint density at radius 2 is 2.17 bits per heavy atom. The predicted octanol–water partition coefficient (Wildman–Crippen LogP) is 0.0613. The van der Waals surface area contributed by atoms with E-state index < -0.39 is 10.7 Å². The summed E-state index contributed by atoms with van der Waals surface area (Å²) < 4.78 is 0. The molecule has 0 fully saturated rings. The second-order valence-electron chi connectivity index (χ2n) is 1.78. The van der Waals surface area contributed by atoms with Crippen molar-refractivity contribution in [2.24, 2.45) is 0 Å². The minimum Gasteiger partial charge on any atom is -0.358 e. The van der Waals surface area contributed by atoms with Crippen LogP contribution in [0.3, 0.4) is 0 Å². The summed E-state index contributed by atoms with van der Waals surface area (Å²) in [6.45, 7) is 0. The van der Waals surface area contributed by atoms with Gasteiger partial charge in [-0.3, -0.25) is 0 Å². The van der Waals surface area contributed by atoms with Crippen LogP contribution in [0.1, 0.15) is 11.3 Å². The molecule has 0 amide bonds. The summed E-state index contributed by atoms with van der Waals surface area (Å²) in [7, 11) is 0. The van der Waals surface area contributed by atoms with E-state index in [4.69, 9.17) is 10.5 Å². The molecule has 12 heavy (non-hydrogen) atoms.